The topological polar surface area (TPSA) is 82.6 Å². The molecule has 2 aromatic rings. The van der Waals surface area contributed by atoms with Crippen molar-refractivity contribution in [3.63, 3.8) is 0 Å². The second-order valence-electron chi connectivity index (χ2n) is 9.31. The fourth-order valence-electron chi connectivity index (χ4n) is 4.91. The van der Waals surface area contributed by atoms with Crippen LogP contribution in [0, 0.1) is 5.92 Å². The van der Waals surface area contributed by atoms with Crippen molar-refractivity contribution in [1.82, 2.24) is 14.8 Å². The van der Waals surface area contributed by atoms with Gasteiger partial charge in [0.05, 0.1) is 32.1 Å². The molecular weight excluding hydrogens is 450 g/mol. The van der Waals surface area contributed by atoms with Crippen LogP contribution in [0.2, 0.25) is 0 Å². The fraction of sp³-hybridized carbons (Fsp3) is 0.538. The Morgan fingerprint density at radius 3 is 2.83 bits per heavy atom. The molecule has 0 radical (unpaired) electrons. The molecule has 1 aromatic carbocycles. The van der Waals surface area contributed by atoms with E-state index in [4.69, 9.17) is 23.7 Å². The van der Waals surface area contributed by atoms with Crippen LogP contribution in [-0.4, -0.2) is 80.1 Å². The molecule has 1 aromatic heterocycles. The Kier molecular flexibility index (Phi) is 7.66. The highest BCUT2D eigenvalue weighted by atomic mass is 16.7. The Labute approximate surface area is 205 Å². The number of benzene rings is 1. The highest BCUT2D eigenvalue weighted by molar-refractivity contribution is 5.78. The van der Waals surface area contributed by atoms with Crippen LogP contribution in [0.4, 0.5) is 0 Å². The summed E-state index contributed by atoms with van der Waals surface area (Å²) < 4.78 is 28.4. The van der Waals surface area contributed by atoms with Gasteiger partial charge in [-0.1, -0.05) is 6.07 Å². The van der Waals surface area contributed by atoms with Gasteiger partial charge in [-0.2, -0.15) is 0 Å². The molecular formula is C26H33N3O6. The predicted molar refractivity (Wildman–Crippen MR) is 127 cm³/mol. The minimum absolute atomic E-state index is 0.126. The number of pyridine rings is 1. The minimum Gasteiger partial charge on any atom is -0.493 e. The largest absolute Gasteiger partial charge is 0.493 e. The fourth-order valence-corrected chi connectivity index (χ4v) is 4.91. The van der Waals surface area contributed by atoms with E-state index in [2.05, 4.69) is 9.88 Å². The first-order valence-electron chi connectivity index (χ1n) is 12.2. The molecule has 0 bridgehead atoms. The standard InChI is InChI=1S/C26H33N3O6/c1-31-23-10-20(11-24-26(23)35-18-34-24)12-28-14-22(33-17-21-4-2-3-7-27-21)15-29(25(30)16-28)13-19-5-8-32-9-6-19/h2-4,7,10-11,19,22H,5-6,8-9,12-18H2,1H3/t22-/m0/s1. The number of hydrogen-bond acceptors (Lipinski definition) is 8. The van der Waals surface area contributed by atoms with E-state index in [9.17, 15) is 4.79 Å². The molecule has 2 saturated heterocycles. The zero-order valence-electron chi connectivity index (χ0n) is 20.2. The summed E-state index contributed by atoms with van der Waals surface area (Å²) in [6.45, 7) is 5.00. The smallest absolute Gasteiger partial charge is 0.236 e. The Hall–Kier alpha value is -2.88. The Morgan fingerprint density at radius 1 is 1.14 bits per heavy atom. The van der Waals surface area contributed by atoms with Crippen molar-refractivity contribution in [2.75, 3.05) is 53.3 Å². The van der Waals surface area contributed by atoms with Gasteiger partial charge in [0.2, 0.25) is 18.4 Å². The van der Waals surface area contributed by atoms with Gasteiger partial charge in [-0.05, 0) is 48.6 Å². The normalized spacial score (nSPS) is 21.2. The summed E-state index contributed by atoms with van der Waals surface area (Å²) in [6, 6.07) is 9.72. The molecule has 2 fully saturated rings. The molecule has 1 amide bonds. The van der Waals surface area contributed by atoms with Crippen molar-refractivity contribution in [3.8, 4) is 17.2 Å². The molecule has 3 aliphatic heterocycles. The summed E-state index contributed by atoms with van der Waals surface area (Å²) in [5.74, 6) is 2.54. The lowest BCUT2D eigenvalue weighted by Gasteiger charge is -2.30. The van der Waals surface area contributed by atoms with Gasteiger partial charge in [0.15, 0.2) is 11.5 Å². The summed E-state index contributed by atoms with van der Waals surface area (Å²) in [5, 5.41) is 0. The minimum atomic E-state index is -0.126. The number of aromatic nitrogens is 1. The molecule has 0 saturated carbocycles. The van der Waals surface area contributed by atoms with Gasteiger partial charge in [0, 0.05) is 45.6 Å². The van der Waals surface area contributed by atoms with E-state index in [1.54, 1.807) is 13.3 Å². The Balaban J connectivity index is 1.31. The van der Waals surface area contributed by atoms with Gasteiger partial charge in [-0.3, -0.25) is 14.7 Å². The number of ether oxygens (including phenoxy) is 5. The number of nitrogens with zero attached hydrogens (tertiary/aromatic N) is 3. The molecule has 188 valence electrons. The molecule has 35 heavy (non-hydrogen) atoms. The third kappa shape index (κ3) is 6.04. The first-order valence-corrected chi connectivity index (χ1v) is 12.2. The lowest BCUT2D eigenvalue weighted by Crippen LogP contribution is -2.42. The van der Waals surface area contributed by atoms with Crippen LogP contribution in [0.15, 0.2) is 36.5 Å². The zero-order valence-corrected chi connectivity index (χ0v) is 20.2. The SMILES string of the molecule is COc1cc(CN2CC(=O)N(CC3CCOCC3)C[C@@H](OCc3ccccn3)C2)cc2c1OCO2. The third-order valence-electron chi connectivity index (χ3n) is 6.73. The third-order valence-corrected chi connectivity index (χ3v) is 6.73. The van der Waals surface area contributed by atoms with Gasteiger partial charge < -0.3 is 28.6 Å². The van der Waals surface area contributed by atoms with Crippen LogP contribution in [0.3, 0.4) is 0 Å². The highest BCUT2D eigenvalue weighted by Gasteiger charge is 2.31. The van der Waals surface area contributed by atoms with E-state index in [1.165, 1.54) is 0 Å². The summed E-state index contributed by atoms with van der Waals surface area (Å²) in [6.07, 6.45) is 3.62. The summed E-state index contributed by atoms with van der Waals surface area (Å²) >= 11 is 0. The van der Waals surface area contributed by atoms with E-state index in [-0.39, 0.29) is 18.8 Å². The highest BCUT2D eigenvalue weighted by Crippen LogP contribution is 2.42. The van der Waals surface area contributed by atoms with Gasteiger partial charge >= 0.3 is 0 Å². The van der Waals surface area contributed by atoms with Crippen molar-refractivity contribution in [2.24, 2.45) is 5.92 Å². The van der Waals surface area contributed by atoms with Crippen LogP contribution in [0.25, 0.3) is 0 Å². The lowest BCUT2D eigenvalue weighted by molar-refractivity contribution is -0.133. The Morgan fingerprint density at radius 2 is 2.03 bits per heavy atom. The molecule has 5 rings (SSSR count). The van der Waals surface area contributed by atoms with Crippen LogP contribution < -0.4 is 14.2 Å². The van der Waals surface area contributed by atoms with Crippen LogP contribution in [0.1, 0.15) is 24.1 Å². The monoisotopic (exact) mass is 483 g/mol. The molecule has 0 aliphatic carbocycles. The van der Waals surface area contributed by atoms with E-state index in [0.29, 0.717) is 56.0 Å². The van der Waals surface area contributed by atoms with E-state index in [1.807, 2.05) is 35.2 Å². The van der Waals surface area contributed by atoms with Crippen LogP contribution in [-0.2, 0) is 27.4 Å². The maximum Gasteiger partial charge on any atom is 0.236 e. The van der Waals surface area contributed by atoms with Crippen molar-refractivity contribution in [2.45, 2.75) is 32.1 Å². The molecule has 3 aliphatic rings. The van der Waals surface area contributed by atoms with Crippen molar-refractivity contribution >= 4 is 5.91 Å². The second kappa shape index (κ2) is 11.2. The van der Waals surface area contributed by atoms with Crippen molar-refractivity contribution in [1.29, 1.82) is 0 Å². The molecule has 9 nitrogen and oxygen atoms in total. The summed E-state index contributed by atoms with van der Waals surface area (Å²) in [7, 11) is 1.62. The van der Waals surface area contributed by atoms with Gasteiger partial charge in [-0.15, -0.1) is 0 Å². The Bertz CT molecular complexity index is 998. The average molecular weight is 484 g/mol. The number of fused-ring (bicyclic) bond motifs is 1. The van der Waals surface area contributed by atoms with Gasteiger partial charge in [0.25, 0.3) is 0 Å². The van der Waals surface area contributed by atoms with Crippen molar-refractivity contribution < 1.29 is 28.5 Å². The number of carbonyl (C=O) groups is 1. The number of hydrogen-bond donors (Lipinski definition) is 0. The molecule has 4 heterocycles. The zero-order chi connectivity index (χ0) is 24.0. The average Bonchev–Trinajstić information content (AvgIpc) is 3.30. The number of carbonyl (C=O) groups excluding carboxylic acids is 1. The first-order chi connectivity index (χ1) is 17.2. The molecule has 0 unspecified atom stereocenters. The first kappa shape index (κ1) is 23.8. The molecule has 0 N–H and O–H groups in total. The summed E-state index contributed by atoms with van der Waals surface area (Å²) in [5.41, 5.74) is 1.88. The van der Waals surface area contributed by atoms with Gasteiger partial charge in [0.1, 0.15) is 0 Å². The molecule has 9 heteroatoms. The maximum absolute atomic E-state index is 13.3. The number of rotatable bonds is 8. The number of amides is 1. The summed E-state index contributed by atoms with van der Waals surface area (Å²) in [4.78, 5) is 21.8. The van der Waals surface area contributed by atoms with E-state index < -0.39 is 0 Å². The second-order valence-corrected chi connectivity index (χ2v) is 9.31. The van der Waals surface area contributed by atoms with Gasteiger partial charge in [-0.25, -0.2) is 0 Å². The van der Waals surface area contributed by atoms with E-state index in [0.717, 1.165) is 43.9 Å². The number of methoxy groups -OCH3 is 1. The molecule has 1 atom stereocenters. The van der Waals surface area contributed by atoms with Crippen molar-refractivity contribution in [3.05, 3.63) is 47.8 Å². The predicted octanol–water partition coefficient (Wildman–Crippen LogP) is 2.48. The lowest BCUT2D eigenvalue weighted by atomic mass is 9.99. The van der Waals surface area contributed by atoms with Crippen LogP contribution in [0.5, 0.6) is 17.2 Å². The van der Waals surface area contributed by atoms with E-state index >= 15 is 0 Å². The maximum atomic E-state index is 13.3. The molecule has 0 spiro atoms. The van der Waals surface area contributed by atoms with Crippen LogP contribution >= 0.6 is 0 Å². The quantitative estimate of drug-likeness (QED) is 0.567.